The molecular weight excluding hydrogens is 144 g/mol. The van der Waals surface area contributed by atoms with Crippen molar-refractivity contribution in [1.82, 2.24) is 5.32 Å². The number of carboxylic acids is 1. The van der Waals surface area contributed by atoms with Gasteiger partial charge in [-0.25, -0.2) is 0 Å². The van der Waals surface area contributed by atoms with Crippen molar-refractivity contribution in [2.45, 2.75) is 18.9 Å². The van der Waals surface area contributed by atoms with Crippen molar-refractivity contribution in [3.05, 3.63) is 0 Å². The number of piperidine rings is 1. The smallest absolute Gasteiger partial charge is 0.303 e. The molecule has 1 saturated heterocycles. The van der Waals surface area contributed by atoms with Crippen LogP contribution in [0, 0.1) is 5.92 Å². The Morgan fingerprint density at radius 1 is 1.73 bits per heavy atom. The molecule has 0 aromatic carbocycles. The highest BCUT2D eigenvalue weighted by molar-refractivity contribution is 5.67. The van der Waals surface area contributed by atoms with Gasteiger partial charge < -0.3 is 16.2 Å². The molecular formula is C7H14N2O2. The molecule has 1 heterocycles. The van der Waals surface area contributed by atoms with Crippen molar-refractivity contribution < 1.29 is 9.90 Å². The lowest BCUT2D eigenvalue weighted by atomic mass is 9.90. The van der Waals surface area contributed by atoms with Gasteiger partial charge in [0.25, 0.3) is 0 Å². The largest absolute Gasteiger partial charge is 0.481 e. The van der Waals surface area contributed by atoms with Crippen LogP contribution in [0.25, 0.3) is 0 Å². The van der Waals surface area contributed by atoms with Crippen molar-refractivity contribution >= 4 is 5.97 Å². The van der Waals surface area contributed by atoms with Gasteiger partial charge in [0.05, 0.1) is 0 Å². The number of nitrogens with one attached hydrogen (secondary N) is 1. The second kappa shape index (κ2) is 3.69. The van der Waals surface area contributed by atoms with Gasteiger partial charge in [0.1, 0.15) is 0 Å². The average Bonchev–Trinajstić information content (AvgIpc) is 1.93. The highest BCUT2D eigenvalue weighted by Gasteiger charge is 2.23. The van der Waals surface area contributed by atoms with E-state index < -0.39 is 5.97 Å². The molecule has 2 atom stereocenters. The molecule has 1 aliphatic heterocycles. The molecule has 1 rings (SSSR count). The predicted molar refractivity (Wildman–Crippen MR) is 41.2 cm³/mol. The SMILES string of the molecule is NC1CNCCC1CC(=O)O. The van der Waals surface area contributed by atoms with Crippen LogP contribution in [0.4, 0.5) is 0 Å². The van der Waals surface area contributed by atoms with E-state index in [0.29, 0.717) is 0 Å². The molecule has 11 heavy (non-hydrogen) atoms. The minimum absolute atomic E-state index is 0.0137. The Morgan fingerprint density at radius 2 is 2.45 bits per heavy atom. The molecule has 4 N–H and O–H groups in total. The first kappa shape index (κ1) is 8.49. The van der Waals surface area contributed by atoms with Crippen molar-refractivity contribution in [2.75, 3.05) is 13.1 Å². The zero-order valence-electron chi connectivity index (χ0n) is 6.42. The maximum Gasteiger partial charge on any atom is 0.303 e. The molecule has 0 aromatic rings. The van der Waals surface area contributed by atoms with Crippen LogP contribution >= 0.6 is 0 Å². The number of carboxylic acid groups (broad SMARTS) is 1. The number of aliphatic carboxylic acids is 1. The number of carbonyl (C=O) groups is 1. The second-order valence-corrected chi connectivity index (χ2v) is 3.01. The summed E-state index contributed by atoms with van der Waals surface area (Å²) in [6, 6.07) is 0.0137. The molecule has 4 heteroatoms. The summed E-state index contributed by atoms with van der Waals surface area (Å²) >= 11 is 0. The van der Waals surface area contributed by atoms with E-state index in [9.17, 15) is 4.79 Å². The molecule has 0 amide bonds. The van der Waals surface area contributed by atoms with Crippen molar-refractivity contribution in [1.29, 1.82) is 0 Å². The third-order valence-corrected chi connectivity index (χ3v) is 2.11. The predicted octanol–water partition coefficient (Wildman–Crippen LogP) is -0.602. The fraction of sp³-hybridized carbons (Fsp3) is 0.857. The molecule has 2 unspecified atom stereocenters. The van der Waals surface area contributed by atoms with Crippen LogP contribution in [0.2, 0.25) is 0 Å². The van der Waals surface area contributed by atoms with E-state index in [0.717, 1.165) is 19.5 Å². The molecule has 0 radical (unpaired) electrons. The van der Waals surface area contributed by atoms with E-state index in [1.165, 1.54) is 0 Å². The van der Waals surface area contributed by atoms with Gasteiger partial charge in [-0.3, -0.25) is 4.79 Å². The lowest BCUT2D eigenvalue weighted by Crippen LogP contribution is -2.46. The van der Waals surface area contributed by atoms with Crippen LogP contribution in [-0.4, -0.2) is 30.2 Å². The Hall–Kier alpha value is -0.610. The molecule has 64 valence electrons. The normalized spacial score (nSPS) is 31.7. The maximum absolute atomic E-state index is 10.3. The Balaban J connectivity index is 2.35. The number of rotatable bonds is 2. The fourth-order valence-electron chi connectivity index (χ4n) is 1.41. The van der Waals surface area contributed by atoms with Gasteiger partial charge in [-0.2, -0.15) is 0 Å². The van der Waals surface area contributed by atoms with Gasteiger partial charge in [0, 0.05) is 19.0 Å². The van der Waals surface area contributed by atoms with Gasteiger partial charge in [-0.1, -0.05) is 0 Å². The summed E-state index contributed by atoms with van der Waals surface area (Å²) in [6.45, 7) is 1.64. The Labute approximate surface area is 65.8 Å². The van der Waals surface area contributed by atoms with Crippen LogP contribution in [0.15, 0.2) is 0 Å². The van der Waals surface area contributed by atoms with Crippen molar-refractivity contribution in [3.63, 3.8) is 0 Å². The summed E-state index contributed by atoms with van der Waals surface area (Å²) in [5.74, 6) is -0.582. The van der Waals surface area contributed by atoms with Crippen LogP contribution in [-0.2, 0) is 4.79 Å². The van der Waals surface area contributed by atoms with Crippen LogP contribution < -0.4 is 11.1 Å². The summed E-state index contributed by atoms with van der Waals surface area (Å²) < 4.78 is 0. The molecule has 1 fully saturated rings. The van der Waals surface area contributed by atoms with Gasteiger partial charge in [0.2, 0.25) is 0 Å². The molecule has 1 aliphatic rings. The molecule has 0 aliphatic carbocycles. The Kier molecular flexibility index (Phi) is 2.84. The van der Waals surface area contributed by atoms with Gasteiger partial charge >= 0.3 is 5.97 Å². The number of nitrogens with two attached hydrogens (primary N) is 1. The van der Waals surface area contributed by atoms with E-state index >= 15 is 0 Å². The number of hydrogen-bond donors (Lipinski definition) is 3. The van der Waals surface area contributed by atoms with Crippen LogP contribution in [0.5, 0.6) is 0 Å². The summed E-state index contributed by atoms with van der Waals surface area (Å²) in [4.78, 5) is 10.3. The van der Waals surface area contributed by atoms with Crippen LogP contribution in [0.1, 0.15) is 12.8 Å². The summed E-state index contributed by atoms with van der Waals surface area (Å²) in [5.41, 5.74) is 5.70. The third kappa shape index (κ3) is 2.48. The van der Waals surface area contributed by atoms with Crippen molar-refractivity contribution in [3.8, 4) is 0 Å². The van der Waals surface area contributed by atoms with E-state index in [1.807, 2.05) is 0 Å². The summed E-state index contributed by atoms with van der Waals surface area (Å²) in [5, 5.41) is 11.6. The summed E-state index contributed by atoms with van der Waals surface area (Å²) in [6.07, 6.45) is 1.09. The van der Waals surface area contributed by atoms with E-state index in [4.69, 9.17) is 10.8 Å². The first-order chi connectivity index (χ1) is 5.20. The topological polar surface area (TPSA) is 75.3 Å². The zero-order valence-corrected chi connectivity index (χ0v) is 6.42. The molecule has 0 saturated carbocycles. The third-order valence-electron chi connectivity index (χ3n) is 2.11. The Bertz CT molecular complexity index is 149. The van der Waals surface area contributed by atoms with Gasteiger partial charge in [-0.05, 0) is 18.9 Å². The first-order valence-electron chi connectivity index (χ1n) is 3.88. The molecule has 0 spiro atoms. The van der Waals surface area contributed by atoms with E-state index in [1.54, 1.807) is 0 Å². The molecule has 4 nitrogen and oxygen atoms in total. The van der Waals surface area contributed by atoms with E-state index in [-0.39, 0.29) is 18.4 Å². The van der Waals surface area contributed by atoms with E-state index in [2.05, 4.69) is 5.32 Å². The monoisotopic (exact) mass is 158 g/mol. The minimum Gasteiger partial charge on any atom is -0.481 e. The molecule has 0 bridgehead atoms. The fourth-order valence-corrected chi connectivity index (χ4v) is 1.41. The second-order valence-electron chi connectivity index (χ2n) is 3.01. The quantitative estimate of drug-likeness (QED) is 0.501. The first-order valence-corrected chi connectivity index (χ1v) is 3.88. The van der Waals surface area contributed by atoms with Crippen LogP contribution in [0.3, 0.4) is 0 Å². The highest BCUT2D eigenvalue weighted by Crippen LogP contribution is 2.14. The average molecular weight is 158 g/mol. The minimum atomic E-state index is -0.743. The highest BCUT2D eigenvalue weighted by atomic mass is 16.4. The lowest BCUT2D eigenvalue weighted by molar-refractivity contribution is -0.138. The van der Waals surface area contributed by atoms with Gasteiger partial charge in [0.15, 0.2) is 0 Å². The van der Waals surface area contributed by atoms with Crippen molar-refractivity contribution in [2.24, 2.45) is 11.7 Å². The summed E-state index contributed by atoms with van der Waals surface area (Å²) in [7, 11) is 0. The molecule has 0 aromatic heterocycles. The standard InChI is InChI=1S/C7H14N2O2/c8-6-4-9-2-1-5(6)3-7(10)11/h5-6,9H,1-4,8H2,(H,10,11). The van der Waals surface area contributed by atoms with Gasteiger partial charge in [-0.15, -0.1) is 0 Å². The lowest BCUT2D eigenvalue weighted by Gasteiger charge is -2.27. The maximum atomic E-state index is 10.3. The number of hydrogen-bond acceptors (Lipinski definition) is 3. The Morgan fingerprint density at radius 3 is 3.00 bits per heavy atom. The zero-order chi connectivity index (χ0) is 8.27.